The highest BCUT2D eigenvalue weighted by Crippen LogP contribution is 2.27. The smallest absolute Gasteiger partial charge is 0.166 e. The van der Waals surface area contributed by atoms with Gasteiger partial charge < -0.3 is 10.5 Å². The van der Waals surface area contributed by atoms with Gasteiger partial charge in [0.15, 0.2) is 11.6 Å². The highest BCUT2D eigenvalue weighted by molar-refractivity contribution is 9.10. The van der Waals surface area contributed by atoms with Gasteiger partial charge in [0.05, 0.1) is 0 Å². The Labute approximate surface area is 90.4 Å². The lowest BCUT2D eigenvalue weighted by molar-refractivity contribution is 0.0962. The maximum Gasteiger partial charge on any atom is 0.166 e. The van der Waals surface area contributed by atoms with Crippen LogP contribution in [-0.2, 0) is 0 Å². The van der Waals surface area contributed by atoms with E-state index in [0.717, 1.165) is 12.8 Å². The highest BCUT2D eigenvalue weighted by atomic mass is 79.9. The number of ether oxygens (including phenoxy) is 1. The standard InChI is InChI=1S/C10H11BrFNO/c11-6-1-2-10(9(12)3-6)14-8-4-7(13)5-8/h1-3,7-8H,4-5,13H2. The van der Waals surface area contributed by atoms with Crippen molar-refractivity contribution in [2.24, 2.45) is 5.73 Å². The molecule has 1 aromatic rings. The van der Waals surface area contributed by atoms with Crippen LogP contribution in [0.1, 0.15) is 12.8 Å². The van der Waals surface area contributed by atoms with E-state index >= 15 is 0 Å². The van der Waals surface area contributed by atoms with E-state index < -0.39 is 0 Å². The van der Waals surface area contributed by atoms with E-state index in [1.807, 2.05) is 0 Å². The van der Waals surface area contributed by atoms with Crippen LogP contribution < -0.4 is 10.5 Å². The quantitative estimate of drug-likeness (QED) is 0.886. The third-order valence-corrected chi connectivity index (χ3v) is 2.81. The summed E-state index contributed by atoms with van der Waals surface area (Å²) in [4.78, 5) is 0. The van der Waals surface area contributed by atoms with Crippen molar-refractivity contribution < 1.29 is 9.13 Å². The van der Waals surface area contributed by atoms with Gasteiger partial charge in [-0.25, -0.2) is 4.39 Å². The predicted molar refractivity (Wildman–Crippen MR) is 55.7 cm³/mol. The molecule has 76 valence electrons. The lowest BCUT2D eigenvalue weighted by atomic mass is 9.90. The third kappa shape index (κ3) is 2.07. The summed E-state index contributed by atoms with van der Waals surface area (Å²) in [5, 5.41) is 0. The van der Waals surface area contributed by atoms with Crippen molar-refractivity contribution in [3.63, 3.8) is 0 Å². The maximum atomic E-state index is 13.3. The first-order chi connectivity index (χ1) is 6.65. The first-order valence-electron chi connectivity index (χ1n) is 4.52. The topological polar surface area (TPSA) is 35.2 Å². The van der Waals surface area contributed by atoms with Gasteiger partial charge in [0.25, 0.3) is 0 Å². The molecule has 2 nitrogen and oxygen atoms in total. The van der Waals surface area contributed by atoms with Gasteiger partial charge in [-0.3, -0.25) is 0 Å². The van der Waals surface area contributed by atoms with Crippen molar-refractivity contribution in [3.05, 3.63) is 28.5 Å². The predicted octanol–water partition coefficient (Wildman–Crippen LogP) is 2.46. The molecule has 0 aliphatic heterocycles. The minimum absolute atomic E-state index is 0.0840. The summed E-state index contributed by atoms with van der Waals surface area (Å²) in [7, 11) is 0. The van der Waals surface area contributed by atoms with Gasteiger partial charge in [-0.05, 0) is 31.0 Å². The lowest BCUT2D eigenvalue weighted by Gasteiger charge is -2.32. The fourth-order valence-corrected chi connectivity index (χ4v) is 1.79. The average Bonchev–Trinajstić information content (AvgIpc) is 2.06. The molecular weight excluding hydrogens is 249 g/mol. The van der Waals surface area contributed by atoms with Crippen LogP contribution in [0.3, 0.4) is 0 Å². The van der Waals surface area contributed by atoms with E-state index in [4.69, 9.17) is 10.5 Å². The zero-order valence-corrected chi connectivity index (χ0v) is 9.13. The molecule has 2 rings (SSSR count). The Kier molecular flexibility index (Phi) is 2.74. The summed E-state index contributed by atoms with van der Waals surface area (Å²) in [6.07, 6.45) is 1.71. The molecule has 0 bridgehead atoms. The molecule has 0 radical (unpaired) electrons. The van der Waals surface area contributed by atoms with Crippen molar-refractivity contribution in [2.75, 3.05) is 0 Å². The van der Waals surface area contributed by atoms with Crippen molar-refractivity contribution in [1.29, 1.82) is 0 Å². The molecule has 0 spiro atoms. The van der Waals surface area contributed by atoms with Crippen LogP contribution in [0.25, 0.3) is 0 Å². The van der Waals surface area contributed by atoms with Crippen LogP contribution in [0.2, 0.25) is 0 Å². The Hall–Kier alpha value is -0.610. The summed E-state index contributed by atoms with van der Waals surface area (Å²) < 4.78 is 19.4. The van der Waals surface area contributed by atoms with Crippen LogP contribution in [-0.4, -0.2) is 12.1 Å². The molecule has 1 aromatic carbocycles. The fourth-order valence-electron chi connectivity index (χ4n) is 1.45. The summed E-state index contributed by atoms with van der Waals surface area (Å²) in [6, 6.07) is 5.01. The van der Waals surface area contributed by atoms with Crippen molar-refractivity contribution in [3.8, 4) is 5.75 Å². The van der Waals surface area contributed by atoms with Crippen LogP contribution in [0.4, 0.5) is 4.39 Å². The van der Waals surface area contributed by atoms with E-state index in [9.17, 15) is 4.39 Å². The molecule has 1 saturated carbocycles. The van der Waals surface area contributed by atoms with Gasteiger partial charge in [-0.15, -0.1) is 0 Å². The SMILES string of the molecule is NC1CC(Oc2ccc(Br)cc2F)C1. The molecule has 14 heavy (non-hydrogen) atoms. The summed E-state index contributed by atoms with van der Waals surface area (Å²) >= 11 is 3.19. The average molecular weight is 260 g/mol. The Morgan fingerprint density at radius 1 is 1.43 bits per heavy atom. The zero-order valence-electron chi connectivity index (χ0n) is 7.54. The molecule has 0 heterocycles. The number of nitrogens with two attached hydrogens (primary N) is 1. The van der Waals surface area contributed by atoms with Gasteiger partial charge in [0.1, 0.15) is 6.10 Å². The van der Waals surface area contributed by atoms with Crippen LogP contribution in [0, 0.1) is 5.82 Å². The molecule has 0 atom stereocenters. The second-order valence-corrected chi connectivity index (χ2v) is 4.46. The molecule has 4 heteroatoms. The number of hydrogen-bond donors (Lipinski definition) is 1. The van der Waals surface area contributed by atoms with Crippen molar-refractivity contribution in [2.45, 2.75) is 25.0 Å². The van der Waals surface area contributed by atoms with Gasteiger partial charge in [0, 0.05) is 10.5 Å². The fraction of sp³-hybridized carbons (Fsp3) is 0.400. The summed E-state index contributed by atoms with van der Waals surface area (Å²) in [5.41, 5.74) is 5.60. The van der Waals surface area contributed by atoms with Crippen LogP contribution >= 0.6 is 15.9 Å². The van der Waals surface area contributed by atoms with Gasteiger partial charge >= 0.3 is 0 Å². The summed E-state index contributed by atoms with van der Waals surface area (Å²) in [5.74, 6) is -0.0232. The largest absolute Gasteiger partial charge is 0.487 e. The minimum atomic E-state index is -0.333. The lowest BCUT2D eigenvalue weighted by Crippen LogP contribution is -2.43. The first kappa shape index (κ1) is 9.93. The molecule has 0 aromatic heterocycles. The molecule has 0 saturated heterocycles. The molecule has 0 unspecified atom stereocenters. The Morgan fingerprint density at radius 3 is 2.71 bits per heavy atom. The van der Waals surface area contributed by atoms with Crippen molar-refractivity contribution >= 4 is 15.9 Å². The van der Waals surface area contributed by atoms with E-state index in [1.165, 1.54) is 6.07 Å². The normalized spacial score (nSPS) is 25.6. The Morgan fingerprint density at radius 2 is 2.14 bits per heavy atom. The molecule has 2 N–H and O–H groups in total. The molecule has 1 aliphatic rings. The van der Waals surface area contributed by atoms with Gasteiger partial charge in [-0.1, -0.05) is 15.9 Å². The molecule has 0 amide bonds. The maximum absolute atomic E-state index is 13.3. The van der Waals surface area contributed by atoms with E-state index in [2.05, 4.69) is 15.9 Å². The number of benzene rings is 1. The number of rotatable bonds is 2. The van der Waals surface area contributed by atoms with Crippen molar-refractivity contribution in [1.82, 2.24) is 0 Å². The molecule has 1 fully saturated rings. The molecule has 1 aliphatic carbocycles. The molecular formula is C10H11BrFNO. The zero-order chi connectivity index (χ0) is 10.1. The Bertz CT molecular complexity index is 339. The second kappa shape index (κ2) is 3.87. The van der Waals surface area contributed by atoms with Crippen LogP contribution in [0.5, 0.6) is 5.75 Å². The monoisotopic (exact) mass is 259 g/mol. The van der Waals surface area contributed by atoms with Gasteiger partial charge in [-0.2, -0.15) is 0 Å². The minimum Gasteiger partial charge on any atom is -0.487 e. The van der Waals surface area contributed by atoms with E-state index in [1.54, 1.807) is 12.1 Å². The Balaban J connectivity index is 2.02. The number of halogens is 2. The second-order valence-electron chi connectivity index (χ2n) is 3.55. The van der Waals surface area contributed by atoms with Gasteiger partial charge in [0.2, 0.25) is 0 Å². The van der Waals surface area contributed by atoms with E-state index in [0.29, 0.717) is 10.2 Å². The summed E-state index contributed by atoms with van der Waals surface area (Å²) in [6.45, 7) is 0. The van der Waals surface area contributed by atoms with Crippen LogP contribution in [0.15, 0.2) is 22.7 Å². The first-order valence-corrected chi connectivity index (χ1v) is 5.32. The number of hydrogen-bond acceptors (Lipinski definition) is 2. The third-order valence-electron chi connectivity index (χ3n) is 2.32. The highest BCUT2D eigenvalue weighted by Gasteiger charge is 2.28. The van der Waals surface area contributed by atoms with E-state index in [-0.39, 0.29) is 18.0 Å².